The van der Waals surface area contributed by atoms with Crippen molar-refractivity contribution in [1.82, 2.24) is 23.8 Å². The van der Waals surface area contributed by atoms with Gasteiger partial charge in [0.05, 0.1) is 30.1 Å². The molecule has 0 unspecified atom stereocenters. The van der Waals surface area contributed by atoms with Gasteiger partial charge in [0, 0.05) is 29.4 Å². The monoisotopic (exact) mass is 501 g/mol. The van der Waals surface area contributed by atoms with Gasteiger partial charge in [-0.2, -0.15) is 0 Å². The number of rotatable bonds is 2. The number of thiophene rings is 1. The van der Waals surface area contributed by atoms with Crippen LogP contribution in [-0.2, 0) is 4.74 Å². The lowest BCUT2D eigenvalue weighted by Gasteiger charge is -2.36. The zero-order chi connectivity index (χ0) is 25.1. The number of pyridine rings is 1. The van der Waals surface area contributed by atoms with E-state index in [2.05, 4.69) is 9.97 Å². The highest BCUT2D eigenvalue weighted by atomic mass is 32.1. The number of likely N-dealkylation sites (tertiary alicyclic amines) is 1. The average molecular weight is 502 g/mol. The number of amides is 1. The standard InChI is InChI=1S/C24H25F2N5O3S/c1-13-9-30-10-14(7-15(25)21(30)28-13)19-8-17-20(35-19)22(32)31(12-27-17)18-5-6-29(11-16(18)26)23(33)34-24(2,3)4/h7-10,12,16,18H,5-6,11H2,1-4H3/t16-,18-/m1/s1. The number of carbonyl (C=O) groups excluding carboxylic acids is 1. The quantitative estimate of drug-likeness (QED) is 0.396. The van der Waals surface area contributed by atoms with E-state index in [0.29, 0.717) is 26.4 Å². The third kappa shape index (κ3) is 4.40. The first-order valence-electron chi connectivity index (χ1n) is 11.3. The van der Waals surface area contributed by atoms with Gasteiger partial charge in [-0.15, -0.1) is 11.3 Å². The third-order valence-corrected chi connectivity index (χ3v) is 7.05. The summed E-state index contributed by atoms with van der Waals surface area (Å²) in [5.41, 5.74) is 0.960. The zero-order valence-electron chi connectivity index (χ0n) is 19.8. The van der Waals surface area contributed by atoms with Crippen LogP contribution in [0.4, 0.5) is 13.6 Å². The summed E-state index contributed by atoms with van der Waals surface area (Å²) in [6.07, 6.45) is 3.07. The van der Waals surface area contributed by atoms with Crippen molar-refractivity contribution in [2.45, 2.75) is 51.9 Å². The Morgan fingerprint density at radius 1 is 1.26 bits per heavy atom. The average Bonchev–Trinajstić information content (AvgIpc) is 3.37. The summed E-state index contributed by atoms with van der Waals surface area (Å²) in [6, 6.07) is 2.37. The van der Waals surface area contributed by atoms with Crippen LogP contribution in [0.1, 0.15) is 38.9 Å². The maximum atomic E-state index is 15.1. The first kappa shape index (κ1) is 23.4. The molecule has 0 saturated carbocycles. The molecule has 0 N–H and O–H groups in total. The van der Waals surface area contributed by atoms with Gasteiger partial charge in [0.1, 0.15) is 16.5 Å². The fraction of sp³-hybridized carbons (Fsp3) is 0.417. The molecule has 1 amide bonds. The van der Waals surface area contributed by atoms with Gasteiger partial charge in [-0.05, 0) is 46.2 Å². The van der Waals surface area contributed by atoms with Crippen molar-refractivity contribution in [3.8, 4) is 10.4 Å². The van der Waals surface area contributed by atoms with E-state index in [1.54, 1.807) is 50.6 Å². The summed E-state index contributed by atoms with van der Waals surface area (Å²) in [4.78, 5) is 36.1. The van der Waals surface area contributed by atoms with Crippen LogP contribution in [0.5, 0.6) is 0 Å². The second-order valence-electron chi connectivity index (χ2n) is 9.77. The number of aryl methyl sites for hydroxylation is 1. The maximum absolute atomic E-state index is 15.1. The molecule has 0 bridgehead atoms. The Morgan fingerprint density at radius 2 is 2.03 bits per heavy atom. The number of aromatic nitrogens is 4. The second kappa shape index (κ2) is 8.40. The van der Waals surface area contributed by atoms with E-state index in [4.69, 9.17) is 4.74 Å². The number of ether oxygens (including phenoxy) is 1. The predicted molar refractivity (Wildman–Crippen MR) is 129 cm³/mol. The molecule has 1 fully saturated rings. The molecule has 35 heavy (non-hydrogen) atoms. The molecule has 0 aromatic carbocycles. The number of fused-ring (bicyclic) bond motifs is 2. The normalized spacial score (nSPS) is 19.0. The van der Waals surface area contributed by atoms with Crippen molar-refractivity contribution >= 4 is 33.3 Å². The Balaban J connectivity index is 1.43. The minimum atomic E-state index is -1.45. The Morgan fingerprint density at radius 3 is 2.74 bits per heavy atom. The molecular formula is C24H25F2N5O3S. The van der Waals surface area contributed by atoms with Crippen LogP contribution in [0.3, 0.4) is 0 Å². The number of alkyl halides is 1. The van der Waals surface area contributed by atoms with Gasteiger partial charge >= 0.3 is 6.09 Å². The fourth-order valence-corrected chi connectivity index (χ4v) is 5.34. The minimum absolute atomic E-state index is 0.163. The van der Waals surface area contributed by atoms with Crippen LogP contribution in [0.2, 0.25) is 0 Å². The highest BCUT2D eigenvalue weighted by molar-refractivity contribution is 7.22. The molecular weight excluding hydrogens is 476 g/mol. The van der Waals surface area contributed by atoms with Crippen LogP contribution in [0, 0.1) is 12.7 Å². The lowest BCUT2D eigenvalue weighted by molar-refractivity contribution is 0.00645. The molecule has 5 rings (SSSR count). The van der Waals surface area contributed by atoms with E-state index in [-0.39, 0.29) is 30.7 Å². The van der Waals surface area contributed by atoms with Crippen molar-refractivity contribution in [3.05, 3.63) is 52.7 Å². The van der Waals surface area contributed by atoms with E-state index < -0.39 is 29.7 Å². The second-order valence-corrected chi connectivity index (χ2v) is 10.8. The highest BCUT2D eigenvalue weighted by Gasteiger charge is 2.35. The third-order valence-electron chi connectivity index (χ3n) is 5.89. The lowest BCUT2D eigenvalue weighted by atomic mass is 10.0. The van der Waals surface area contributed by atoms with Crippen molar-refractivity contribution in [1.29, 1.82) is 0 Å². The largest absolute Gasteiger partial charge is 0.444 e. The Labute approximate surface area is 203 Å². The number of carbonyl (C=O) groups is 1. The molecule has 4 aromatic heterocycles. The van der Waals surface area contributed by atoms with Gasteiger partial charge in [-0.3, -0.25) is 9.36 Å². The number of hydrogen-bond donors (Lipinski definition) is 0. The molecule has 5 heterocycles. The zero-order valence-corrected chi connectivity index (χ0v) is 20.6. The van der Waals surface area contributed by atoms with Gasteiger partial charge < -0.3 is 14.0 Å². The van der Waals surface area contributed by atoms with E-state index in [9.17, 15) is 14.0 Å². The van der Waals surface area contributed by atoms with Crippen LogP contribution in [-0.4, -0.2) is 54.8 Å². The molecule has 1 saturated heterocycles. The number of halogens is 2. The lowest BCUT2D eigenvalue weighted by Crippen LogP contribution is -2.48. The molecule has 1 aliphatic heterocycles. The summed E-state index contributed by atoms with van der Waals surface area (Å²) in [5.74, 6) is -0.463. The van der Waals surface area contributed by atoms with Crippen LogP contribution in [0.25, 0.3) is 26.3 Å². The molecule has 11 heteroatoms. The van der Waals surface area contributed by atoms with E-state index >= 15 is 4.39 Å². The molecule has 0 aliphatic carbocycles. The number of nitrogens with zero attached hydrogens (tertiary/aromatic N) is 5. The number of imidazole rings is 1. The van der Waals surface area contributed by atoms with E-state index in [1.807, 2.05) is 0 Å². The van der Waals surface area contributed by atoms with Crippen LogP contribution >= 0.6 is 11.3 Å². The van der Waals surface area contributed by atoms with Gasteiger partial charge in [-0.25, -0.2) is 23.5 Å². The first-order chi connectivity index (χ1) is 16.5. The van der Waals surface area contributed by atoms with Crippen molar-refractivity contribution < 1.29 is 18.3 Å². The SMILES string of the molecule is Cc1cn2cc(-c3cc4ncn([C@@H]5CCN(C(=O)OC(C)(C)C)C[C@H]5F)c(=O)c4s3)cc(F)c2n1. The highest BCUT2D eigenvalue weighted by Crippen LogP contribution is 2.33. The molecule has 0 radical (unpaired) electrons. The van der Waals surface area contributed by atoms with E-state index in [1.165, 1.54) is 33.2 Å². The van der Waals surface area contributed by atoms with Crippen molar-refractivity contribution in [3.63, 3.8) is 0 Å². The summed E-state index contributed by atoms with van der Waals surface area (Å²) in [7, 11) is 0. The van der Waals surface area contributed by atoms with Crippen molar-refractivity contribution in [2.24, 2.45) is 0 Å². The summed E-state index contributed by atoms with van der Waals surface area (Å²) in [6.45, 7) is 7.15. The Kier molecular flexibility index (Phi) is 5.62. The van der Waals surface area contributed by atoms with Gasteiger partial charge in [-0.1, -0.05) is 0 Å². The molecule has 8 nitrogen and oxygen atoms in total. The van der Waals surface area contributed by atoms with Crippen LogP contribution in [0.15, 0.2) is 35.6 Å². The summed E-state index contributed by atoms with van der Waals surface area (Å²) in [5, 5.41) is 0. The molecule has 2 atom stereocenters. The van der Waals surface area contributed by atoms with Crippen LogP contribution < -0.4 is 5.56 Å². The number of piperidine rings is 1. The minimum Gasteiger partial charge on any atom is -0.444 e. The molecule has 4 aromatic rings. The Hall–Kier alpha value is -3.34. The molecule has 1 aliphatic rings. The smallest absolute Gasteiger partial charge is 0.410 e. The molecule has 0 spiro atoms. The fourth-order valence-electron chi connectivity index (χ4n) is 4.32. The maximum Gasteiger partial charge on any atom is 0.410 e. The van der Waals surface area contributed by atoms with Gasteiger partial charge in [0.2, 0.25) is 0 Å². The Bertz CT molecular complexity index is 1500. The summed E-state index contributed by atoms with van der Waals surface area (Å²) < 4.78 is 38.3. The van der Waals surface area contributed by atoms with Gasteiger partial charge in [0.15, 0.2) is 11.5 Å². The van der Waals surface area contributed by atoms with Gasteiger partial charge in [0.25, 0.3) is 5.56 Å². The topological polar surface area (TPSA) is 81.7 Å². The predicted octanol–water partition coefficient (Wildman–Crippen LogP) is 4.74. The molecule has 184 valence electrons. The summed E-state index contributed by atoms with van der Waals surface area (Å²) >= 11 is 1.19. The number of hydrogen-bond acceptors (Lipinski definition) is 6. The van der Waals surface area contributed by atoms with E-state index in [0.717, 1.165) is 0 Å². The van der Waals surface area contributed by atoms with Crippen molar-refractivity contribution in [2.75, 3.05) is 13.1 Å². The first-order valence-corrected chi connectivity index (χ1v) is 12.1.